The standard InChI is InChI=1S/C2H4O.2H2O.Zn/c1-2-3;;;/h2H,1H3;2*1H2;. The molecule has 0 fully saturated rings. The molecule has 0 heterocycles. The van der Waals surface area contributed by atoms with Gasteiger partial charge in [-0.1, -0.05) is 0 Å². The van der Waals surface area contributed by atoms with E-state index in [-0.39, 0.29) is 30.4 Å². The van der Waals surface area contributed by atoms with Crippen LogP contribution in [0, 0.1) is 0 Å². The normalized spacial score (nSPS) is 2.17. The van der Waals surface area contributed by atoms with Crippen molar-refractivity contribution in [2.45, 2.75) is 6.92 Å². The van der Waals surface area contributed by atoms with Crippen LogP contribution in [0.4, 0.5) is 0 Å². The number of aldehydes is 1. The van der Waals surface area contributed by atoms with Gasteiger partial charge in [0.05, 0.1) is 0 Å². The smallest absolute Gasteiger partial charge is 0.116 e. The molecule has 0 aromatic heterocycles. The number of hydrogen-bond acceptors (Lipinski definition) is 1. The van der Waals surface area contributed by atoms with E-state index in [1.54, 1.807) is 0 Å². The quantitative estimate of drug-likeness (QED) is 0.303. The zero-order chi connectivity index (χ0) is 2.71. The first-order valence-electron chi connectivity index (χ1n) is 0.813. The number of carbonyl (C=O) groups excluding carboxylic acids is 1. The molecule has 0 bridgehead atoms. The van der Waals surface area contributed by atoms with Crippen molar-refractivity contribution in [3.8, 4) is 0 Å². The fourth-order valence-corrected chi connectivity index (χ4v) is 0. The first-order valence-corrected chi connectivity index (χ1v) is 0.813. The monoisotopic (exact) mass is 144 g/mol. The minimum absolute atomic E-state index is 0. The Morgan fingerprint density at radius 3 is 1.33 bits per heavy atom. The van der Waals surface area contributed by atoms with E-state index in [9.17, 15) is 0 Å². The summed E-state index contributed by atoms with van der Waals surface area (Å²) in [5, 5.41) is 0. The minimum atomic E-state index is 0. The van der Waals surface area contributed by atoms with Gasteiger partial charge in [-0.15, -0.1) is 0 Å². The molecule has 0 atom stereocenters. The molecule has 0 saturated heterocycles. The van der Waals surface area contributed by atoms with E-state index >= 15 is 0 Å². The van der Waals surface area contributed by atoms with Gasteiger partial charge < -0.3 is 15.7 Å². The third kappa shape index (κ3) is 956. The molecule has 3 nitrogen and oxygen atoms in total. The Hall–Kier alpha value is 0.213. The first kappa shape index (κ1) is 34.5. The Labute approximate surface area is 49.1 Å². The molecule has 0 aromatic rings. The van der Waals surface area contributed by atoms with E-state index in [2.05, 4.69) is 0 Å². The first-order chi connectivity index (χ1) is 1.41. The summed E-state index contributed by atoms with van der Waals surface area (Å²) in [4.78, 5) is 8.81. The molecular weight excluding hydrogens is 137 g/mol. The summed E-state index contributed by atoms with van der Waals surface area (Å²) in [5.74, 6) is 0. The zero-order valence-electron chi connectivity index (χ0n) is 3.69. The van der Waals surface area contributed by atoms with Crippen molar-refractivity contribution >= 4 is 6.29 Å². The fourth-order valence-electron chi connectivity index (χ4n) is 0. The van der Waals surface area contributed by atoms with Gasteiger partial charge in [0.2, 0.25) is 0 Å². The van der Waals surface area contributed by atoms with Crippen LogP contribution in [0.1, 0.15) is 6.92 Å². The van der Waals surface area contributed by atoms with Gasteiger partial charge in [-0.05, 0) is 6.92 Å². The molecule has 0 aliphatic carbocycles. The molecule has 4 heteroatoms. The van der Waals surface area contributed by atoms with Crippen LogP contribution in [-0.4, -0.2) is 17.2 Å². The number of hydrogen-bond donors (Lipinski definition) is 0. The zero-order valence-corrected chi connectivity index (χ0v) is 6.66. The van der Waals surface area contributed by atoms with Gasteiger partial charge in [-0.25, -0.2) is 0 Å². The SMILES string of the molecule is CC=O.O.O.[Zn]. The topological polar surface area (TPSA) is 80.1 Å². The van der Waals surface area contributed by atoms with Gasteiger partial charge in [-0.2, -0.15) is 0 Å². The van der Waals surface area contributed by atoms with Crippen molar-refractivity contribution < 1.29 is 35.2 Å². The van der Waals surface area contributed by atoms with Gasteiger partial charge in [-0.3, -0.25) is 0 Å². The molecule has 36 valence electrons. The van der Waals surface area contributed by atoms with E-state index in [1.165, 1.54) is 6.92 Å². The molecule has 0 aliphatic heterocycles. The van der Waals surface area contributed by atoms with Gasteiger partial charge in [0, 0.05) is 19.5 Å². The Morgan fingerprint density at radius 1 is 1.33 bits per heavy atom. The van der Waals surface area contributed by atoms with Crippen LogP contribution < -0.4 is 0 Å². The van der Waals surface area contributed by atoms with E-state index in [4.69, 9.17) is 4.79 Å². The molecule has 0 aliphatic rings. The largest absolute Gasteiger partial charge is 0.412 e. The summed E-state index contributed by atoms with van der Waals surface area (Å²) in [6.45, 7) is 1.44. The summed E-state index contributed by atoms with van der Waals surface area (Å²) < 4.78 is 0. The molecule has 0 spiro atoms. The van der Waals surface area contributed by atoms with Crippen molar-refractivity contribution in [3.05, 3.63) is 0 Å². The Kier molecular flexibility index (Phi) is 361. The van der Waals surface area contributed by atoms with E-state index < -0.39 is 0 Å². The van der Waals surface area contributed by atoms with Crippen LogP contribution in [0.5, 0.6) is 0 Å². The van der Waals surface area contributed by atoms with Crippen molar-refractivity contribution in [2.75, 3.05) is 0 Å². The second-order valence-corrected chi connectivity index (χ2v) is 0.236. The predicted octanol–water partition coefficient (Wildman–Crippen LogP) is -1.45. The molecule has 0 unspecified atom stereocenters. The van der Waals surface area contributed by atoms with Crippen LogP contribution >= 0.6 is 0 Å². The summed E-state index contributed by atoms with van der Waals surface area (Å²) in [5.41, 5.74) is 0. The van der Waals surface area contributed by atoms with Gasteiger partial charge in [0.25, 0.3) is 0 Å². The molecular formula is C2H8O3Zn. The third-order valence-corrected chi connectivity index (χ3v) is 0. The summed E-state index contributed by atoms with van der Waals surface area (Å²) in [6.07, 6.45) is 0.750. The van der Waals surface area contributed by atoms with E-state index in [0.29, 0.717) is 0 Å². The number of rotatable bonds is 0. The molecule has 0 radical (unpaired) electrons. The average molecular weight is 145 g/mol. The molecule has 0 amide bonds. The predicted molar refractivity (Wildman–Crippen MR) is 19.0 cm³/mol. The van der Waals surface area contributed by atoms with Gasteiger partial charge >= 0.3 is 0 Å². The summed E-state index contributed by atoms with van der Waals surface area (Å²) in [7, 11) is 0. The van der Waals surface area contributed by atoms with Crippen LogP contribution in [-0.2, 0) is 24.3 Å². The molecule has 0 aromatic carbocycles. The van der Waals surface area contributed by atoms with Crippen molar-refractivity contribution in [2.24, 2.45) is 0 Å². The maximum Gasteiger partial charge on any atom is 0.116 e. The van der Waals surface area contributed by atoms with E-state index in [0.717, 1.165) is 6.29 Å². The molecule has 0 saturated carbocycles. The van der Waals surface area contributed by atoms with Crippen molar-refractivity contribution in [1.29, 1.82) is 0 Å². The Balaban J connectivity index is -0.00000000667. The molecule has 6 heavy (non-hydrogen) atoms. The minimum Gasteiger partial charge on any atom is -0.412 e. The van der Waals surface area contributed by atoms with Crippen LogP contribution in [0.2, 0.25) is 0 Å². The van der Waals surface area contributed by atoms with Crippen LogP contribution in [0.3, 0.4) is 0 Å². The van der Waals surface area contributed by atoms with E-state index in [1.807, 2.05) is 0 Å². The van der Waals surface area contributed by atoms with Crippen LogP contribution in [0.15, 0.2) is 0 Å². The molecule has 0 rings (SSSR count). The van der Waals surface area contributed by atoms with Gasteiger partial charge in [0.1, 0.15) is 6.29 Å². The number of carbonyl (C=O) groups is 1. The van der Waals surface area contributed by atoms with Gasteiger partial charge in [0.15, 0.2) is 0 Å². The average Bonchev–Trinajstić information content (AvgIpc) is 0.918. The second kappa shape index (κ2) is 62.9. The maximum absolute atomic E-state index is 8.81. The second-order valence-electron chi connectivity index (χ2n) is 0.236. The van der Waals surface area contributed by atoms with Crippen molar-refractivity contribution in [3.63, 3.8) is 0 Å². The summed E-state index contributed by atoms with van der Waals surface area (Å²) >= 11 is 0. The Bertz CT molecular complexity index is 16.3. The summed E-state index contributed by atoms with van der Waals surface area (Å²) in [6, 6.07) is 0. The molecule has 4 N–H and O–H groups in total. The van der Waals surface area contributed by atoms with Crippen LogP contribution in [0.25, 0.3) is 0 Å². The third-order valence-electron chi connectivity index (χ3n) is 0. The van der Waals surface area contributed by atoms with Crippen molar-refractivity contribution in [1.82, 2.24) is 0 Å². The fraction of sp³-hybridized carbons (Fsp3) is 0.500. The maximum atomic E-state index is 8.81. The Morgan fingerprint density at radius 2 is 1.33 bits per heavy atom.